The highest BCUT2D eigenvalue weighted by Crippen LogP contribution is 2.12. The Kier molecular flexibility index (Phi) is 4.27. The van der Waals surface area contributed by atoms with Crippen LogP contribution in [0.2, 0.25) is 0 Å². The smallest absolute Gasteiger partial charge is 0.292 e. The molecule has 0 unspecified atom stereocenters. The molecule has 2 N–H and O–H groups in total. The summed E-state index contributed by atoms with van der Waals surface area (Å²) in [6.45, 7) is 0. The van der Waals surface area contributed by atoms with Gasteiger partial charge in [0, 0.05) is 21.3 Å². The van der Waals surface area contributed by atoms with Crippen molar-refractivity contribution in [1.29, 1.82) is 0 Å². The van der Waals surface area contributed by atoms with E-state index in [1.54, 1.807) is 36.7 Å². The van der Waals surface area contributed by atoms with E-state index in [-0.39, 0.29) is 6.03 Å². The molecule has 0 saturated heterocycles. The number of anilines is 2. The Morgan fingerprint density at radius 1 is 0.889 bits per heavy atom. The average Bonchev–Trinajstić information content (AvgIpc) is 2.35. The summed E-state index contributed by atoms with van der Waals surface area (Å²) >= 11 is 6.53. The number of nitrogens with one attached hydrogen (secondary N) is 2. The third-order valence-electron chi connectivity index (χ3n) is 1.94. The van der Waals surface area contributed by atoms with E-state index >= 15 is 0 Å². The van der Waals surface area contributed by atoms with Gasteiger partial charge >= 0.3 is 6.03 Å². The standard InChI is InChI=1S/C11H8Br2N4O/c12-7-1-3-9(14-5-7)16-11(18)17-10-4-2-8(13)6-15-10/h1-6H,(H2,14,15,16,17,18). The Balaban J connectivity index is 1.96. The number of hydrogen-bond acceptors (Lipinski definition) is 3. The first kappa shape index (κ1) is 13.0. The van der Waals surface area contributed by atoms with Crippen LogP contribution in [0.3, 0.4) is 0 Å². The van der Waals surface area contributed by atoms with Crippen LogP contribution in [0.4, 0.5) is 16.4 Å². The van der Waals surface area contributed by atoms with Gasteiger partial charge in [-0.1, -0.05) is 0 Å². The maximum atomic E-state index is 11.6. The minimum atomic E-state index is -0.389. The van der Waals surface area contributed by atoms with Crippen LogP contribution < -0.4 is 10.6 Å². The highest BCUT2D eigenvalue weighted by Gasteiger charge is 2.04. The molecule has 0 atom stereocenters. The van der Waals surface area contributed by atoms with Crippen LogP contribution in [0.15, 0.2) is 45.6 Å². The number of hydrogen-bond donors (Lipinski definition) is 2. The molecule has 18 heavy (non-hydrogen) atoms. The SMILES string of the molecule is O=C(Nc1ccc(Br)cn1)Nc1ccc(Br)cn1. The van der Waals surface area contributed by atoms with E-state index in [1.165, 1.54) is 0 Å². The fourth-order valence-corrected chi connectivity index (χ4v) is 1.63. The number of urea groups is 1. The molecule has 5 nitrogen and oxygen atoms in total. The summed E-state index contributed by atoms with van der Waals surface area (Å²) in [7, 11) is 0. The fraction of sp³-hybridized carbons (Fsp3) is 0. The molecule has 2 aromatic rings. The number of carbonyl (C=O) groups excluding carboxylic acids is 1. The molecule has 0 aliphatic carbocycles. The van der Waals surface area contributed by atoms with Gasteiger partial charge in [0.25, 0.3) is 0 Å². The molecule has 7 heteroatoms. The predicted octanol–water partition coefficient (Wildman–Crippen LogP) is 3.65. The van der Waals surface area contributed by atoms with E-state index in [0.29, 0.717) is 11.6 Å². The lowest BCUT2D eigenvalue weighted by molar-refractivity contribution is 0.262. The Morgan fingerprint density at radius 3 is 1.67 bits per heavy atom. The second-order valence-electron chi connectivity index (χ2n) is 3.30. The molecule has 2 rings (SSSR count). The van der Waals surface area contributed by atoms with Gasteiger partial charge in [-0.15, -0.1) is 0 Å². The normalized spacial score (nSPS) is 9.89. The van der Waals surface area contributed by atoms with Gasteiger partial charge in [-0.25, -0.2) is 14.8 Å². The molecule has 0 aliphatic rings. The lowest BCUT2D eigenvalue weighted by Gasteiger charge is -2.06. The first-order valence-corrected chi connectivity index (χ1v) is 6.53. The van der Waals surface area contributed by atoms with Crippen molar-refractivity contribution in [2.45, 2.75) is 0 Å². The summed E-state index contributed by atoms with van der Waals surface area (Å²) in [6, 6.07) is 6.58. The molecule has 2 heterocycles. The van der Waals surface area contributed by atoms with E-state index < -0.39 is 0 Å². The minimum absolute atomic E-state index is 0.389. The van der Waals surface area contributed by atoms with Crippen molar-refractivity contribution in [1.82, 2.24) is 9.97 Å². The van der Waals surface area contributed by atoms with Gasteiger partial charge in [-0.2, -0.15) is 0 Å². The highest BCUT2D eigenvalue weighted by molar-refractivity contribution is 9.10. The van der Waals surface area contributed by atoms with Crippen molar-refractivity contribution in [2.75, 3.05) is 10.6 Å². The average molecular weight is 372 g/mol. The van der Waals surface area contributed by atoms with Gasteiger partial charge in [0.15, 0.2) is 0 Å². The zero-order valence-electron chi connectivity index (χ0n) is 9.02. The molecular formula is C11H8Br2N4O. The Labute approximate surface area is 120 Å². The molecule has 2 aromatic heterocycles. The number of carbonyl (C=O) groups is 1. The summed E-state index contributed by atoms with van der Waals surface area (Å²) in [5, 5.41) is 5.20. The zero-order valence-corrected chi connectivity index (χ0v) is 12.2. The Bertz CT molecular complexity index is 492. The highest BCUT2D eigenvalue weighted by atomic mass is 79.9. The van der Waals surface area contributed by atoms with E-state index in [4.69, 9.17) is 0 Å². The van der Waals surface area contributed by atoms with Crippen molar-refractivity contribution in [3.63, 3.8) is 0 Å². The van der Waals surface area contributed by atoms with Crippen LogP contribution in [0.25, 0.3) is 0 Å². The summed E-state index contributed by atoms with van der Waals surface area (Å²) in [4.78, 5) is 19.7. The van der Waals surface area contributed by atoms with Crippen LogP contribution in [0.1, 0.15) is 0 Å². The lowest BCUT2D eigenvalue weighted by Crippen LogP contribution is -2.20. The molecule has 0 aromatic carbocycles. The minimum Gasteiger partial charge on any atom is -0.292 e. The van der Waals surface area contributed by atoms with Crippen molar-refractivity contribution in [2.24, 2.45) is 0 Å². The molecule has 0 spiro atoms. The van der Waals surface area contributed by atoms with Gasteiger partial charge in [0.1, 0.15) is 11.6 Å². The van der Waals surface area contributed by atoms with Crippen molar-refractivity contribution in [3.8, 4) is 0 Å². The van der Waals surface area contributed by atoms with Crippen LogP contribution in [0.5, 0.6) is 0 Å². The molecule has 0 bridgehead atoms. The largest absolute Gasteiger partial charge is 0.326 e. The van der Waals surface area contributed by atoms with E-state index in [1.807, 2.05) is 0 Å². The monoisotopic (exact) mass is 370 g/mol. The second-order valence-corrected chi connectivity index (χ2v) is 5.13. The van der Waals surface area contributed by atoms with Crippen LogP contribution >= 0.6 is 31.9 Å². The van der Waals surface area contributed by atoms with Crippen LogP contribution in [-0.4, -0.2) is 16.0 Å². The molecule has 2 amide bonds. The van der Waals surface area contributed by atoms with Crippen molar-refractivity contribution in [3.05, 3.63) is 45.6 Å². The van der Waals surface area contributed by atoms with Crippen molar-refractivity contribution >= 4 is 49.5 Å². The maximum absolute atomic E-state index is 11.6. The Morgan fingerprint density at radius 2 is 1.33 bits per heavy atom. The zero-order chi connectivity index (χ0) is 13.0. The summed E-state index contributed by atoms with van der Waals surface area (Å²) < 4.78 is 1.70. The number of amides is 2. The first-order valence-electron chi connectivity index (χ1n) is 4.94. The van der Waals surface area contributed by atoms with Gasteiger partial charge in [0.05, 0.1) is 0 Å². The number of aromatic nitrogens is 2. The number of rotatable bonds is 2. The first-order chi connectivity index (χ1) is 8.63. The molecule has 0 fully saturated rings. The van der Waals surface area contributed by atoms with Gasteiger partial charge in [0.2, 0.25) is 0 Å². The quantitative estimate of drug-likeness (QED) is 0.846. The van der Waals surface area contributed by atoms with Gasteiger partial charge < -0.3 is 0 Å². The topological polar surface area (TPSA) is 66.9 Å². The van der Waals surface area contributed by atoms with Gasteiger partial charge in [-0.05, 0) is 56.1 Å². The summed E-state index contributed by atoms with van der Waals surface area (Å²) in [5.74, 6) is 0.931. The number of pyridine rings is 2. The van der Waals surface area contributed by atoms with Crippen LogP contribution in [-0.2, 0) is 0 Å². The molecular weight excluding hydrogens is 364 g/mol. The van der Waals surface area contributed by atoms with E-state index in [2.05, 4.69) is 52.5 Å². The molecule has 0 aliphatic heterocycles. The third-order valence-corrected chi connectivity index (χ3v) is 2.88. The molecule has 0 saturated carbocycles. The van der Waals surface area contributed by atoms with E-state index in [0.717, 1.165) is 8.95 Å². The Hall–Kier alpha value is -1.47. The molecule has 92 valence electrons. The number of halogens is 2. The summed E-state index contributed by atoms with van der Waals surface area (Å²) in [5.41, 5.74) is 0. The third kappa shape index (κ3) is 3.78. The predicted molar refractivity (Wildman–Crippen MR) is 76.5 cm³/mol. The van der Waals surface area contributed by atoms with Crippen LogP contribution in [0, 0.1) is 0 Å². The molecule has 0 radical (unpaired) electrons. The number of nitrogens with zero attached hydrogens (tertiary/aromatic N) is 2. The maximum Gasteiger partial charge on any atom is 0.326 e. The second kappa shape index (κ2) is 5.92. The van der Waals surface area contributed by atoms with Crippen molar-refractivity contribution < 1.29 is 4.79 Å². The van der Waals surface area contributed by atoms with Gasteiger partial charge in [-0.3, -0.25) is 10.6 Å². The lowest BCUT2D eigenvalue weighted by atomic mass is 10.4. The van der Waals surface area contributed by atoms with E-state index in [9.17, 15) is 4.79 Å². The summed E-state index contributed by atoms with van der Waals surface area (Å²) in [6.07, 6.45) is 3.21. The fourth-order valence-electron chi connectivity index (χ4n) is 1.16.